The zero-order valence-corrected chi connectivity index (χ0v) is 14.8. The minimum Gasteiger partial charge on any atom is -0.355 e. The number of alkyl halides is 3. The Morgan fingerprint density at radius 1 is 1.32 bits per heavy atom. The SMILES string of the molecule is Cc1ccc(CSCCNC(=O)C2CC(=O)N(CC(F)(F)F)C2)cc1. The molecule has 1 aliphatic rings. The summed E-state index contributed by atoms with van der Waals surface area (Å²) >= 11 is 1.66. The van der Waals surface area contributed by atoms with Gasteiger partial charge in [-0.15, -0.1) is 0 Å². The van der Waals surface area contributed by atoms with Crippen molar-refractivity contribution in [1.29, 1.82) is 0 Å². The molecule has 0 spiro atoms. The summed E-state index contributed by atoms with van der Waals surface area (Å²) in [7, 11) is 0. The van der Waals surface area contributed by atoms with Crippen LogP contribution in [-0.2, 0) is 15.3 Å². The first kappa shape index (κ1) is 19.6. The Kier molecular flexibility index (Phi) is 6.75. The van der Waals surface area contributed by atoms with Crippen LogP contribution in [0.3, 0.4) is 0 Å². The predicted molar refractivity (Wildman–Crippen MR) is 91.1 cm³/mol. The van der Waals surface area contributed by atoms with Gasteiger partial charge < -0.3 is 10.2 Å². The Labute approximate surface area is 149 Å². The highest BCUT2D eigenvalue weighted by atomic mass is 32.2. The highest BCUT2D eigenvalue weighted by molar-refractivity contribution is 7.98. The lowest BCUT2D eigenvalue weighted by Crippen LogP contribution is -2.37. The van der Waals surface area contributed by atoms with Crippen LogP contribution in [0, 0.1) is 12.8 Å². The van der Waals surface area contributed by atoms with Crippen molar-refractivity contribution in [1.82, 2.24) is 10.2 Å². The van der Waals surface area contributed by atoms with Gasteiger partial charge in [-0.25, -0.2) is 0 Å². The maximum atomic E-state index is 12.4. The molecule has 0 bridgehead atoms. The van der Waals surface area contributed by atoms with Gasteiger partial charge in [-0.1, -0.05) is 29.8 Å². The first-order chi connectivity index (χ1) is 11.7. The zero-order valence-electron chi connectivity index (χ0n) is 13.9. The number of amides is 2. The highest BCUT2D eigenvalue weighted by Gasteiger charge is 2.40. The maximum absolute atomic E-state index is 12.4. The van der Waals surface area contributed by atoms with Gasteiger partial charge in [0.25, 0.3) is 0 Å². The first-order valence-electron chi connectivity index (χ1n) is 8.00. The minimum atomic E-state index is -4.44. The highest BCUT2D eigenvalue weighted by Crippen LogP contribution is 2.24. The summed E-state index contributed by atoms with van der Waals surface area (Å²) in [6.07, 6.45) is -4.59. The monoisotopic (exact) mass is 374 g/mol. The van der Waals surface area contributed by atoms with E-state index < -0.39 is 24.5 Å². The van der Waals surface area contributed by atoms with Crippen molar-refractivity contribution in [2.24, 2.45) is 5.92 Å². The number of thioether (sulfide) groups is 1. The molecule has 0 saturated carbocycles. The molecular formula is C17H21F3N2O2S. The van der Waals surface area contributed by atoms with E-state index in [9.17, 15) is 22.8 Å². The number of carbonyl (C=O) groups excluding carboxylic acids is 2. The molecule has 0 radical (unpaired) electrons. The molecule has 1 atom stereocenters. The molecule has 1 aliphatic heterocycles. The van der Waals surface area contributed by atoms with Crippen molar-refractivity contribution < 1.29 is 22.8 Å². The molecule has 2 rings (SSSR count). The van der Waals surface area contributed by atoms with Crippen LogP contribution in [0.4, 0.5) is 13.2 Å². The maximum Gasteiger partial charge on any atom is 0.406 e. The second-order valence-electron chi connectivity index (χ2n) is 6.12. The number of benzene rings is 1. The van der Waals surface area contributed by atoms with Gasteiger partial charge in [0.2, 0.25) is 11.8 Å². The van der Waals surface area contributed by atoms with Crippen LogP contribution in [0.25, 0.3) is 0 Å². The van der Waals surface area contributed by atoms with Gasteiger partial charge in [0.05, 0.1) is 5.92 Å². The van der Waals surface area contributed by atoms with Crippen LogP contribution in [0.15, 0.2) is 24.3 Å². The normalized spacial score (nSPS) is 17.8. The van der Waals surface area contributed by atoms with Crippen molar-refractivity contribution in [3.05, 3.63) is 35.4 Å². The molecule has 1 fully saturated rings. The molecule has 1 aromatic carbocycles. The second-order valence-corrected chi connectivity index (χ2v) is 7.22. The lowest BCUT2D eigenvalue weighted by Gasteiger charge is -2.18. The van der Waals surface area contributed by atoms with E-state index in [1.807, 2.05) is 19.1 Å². The van der Waals surface area contributed by atoms with E-state index in [1.165, 1.54) is 11.1 Å². The quantitative estimate of drug-likeness (QED) is 0.747. The van der Waals surface area contributed by atoms with Crippen LogP contribution >= 0.6 is 11.8 Å². The number of nitrogens with one attached hydrogen (secondary N) is 1. The summed E-state index contributed by atoms with van der Waals surface area (Å²) in [6, 6.07) is 8.20. The molecular weight excluding hydrogens is 353 g/mol. The predicted octanol–water partition coefficient (Wildman–Crippen LogP) is 2.76. The van der Waals surface area contributed by atoms with Gasteiger partial charge in [-0.2, -0.15) is 24.9 Å². The summed E-state index contributed by atoms with van der Waals surface area (Å²) < 4.78 is 37.1. The van der Waals surface area contributed by atoms with E-state index in [0.717, 1.165) is 5.75 Å². The molecule has 1 N–H and O–H groups in total. The molecule has 0 aromatic heterocycles. The van der Waals surface area contributed by atoms with E-state index >= 15 is 0 Å². The number of nitrogens with zero attached hydrogens (tertiary/aromatic N) is 1. The fourth-order valence-corrected chi connectivity index (χ4v) is 3.40. The molecule has 138 valence electrons. The number of rotatable bonds is 7. The number of carbonyl (C=O) groups is 2. The van der Waals surface area contributed by atoms with Crippen molar-refractivity contribution in [3.63, 3.8) is 0 Å². The van der Waals surface area contributed by atoms with Crippen molar-refractivity contribution in [2.45, 2.75) is 25.3 Å². The van der Waals surface area contributed by atoms with E-state index in [-0.39, 0.29) is 18.9 Å². The Balaban J connectivity index is 1.65. The largest absolute Gasteiger partial charge is 0.406 e. The van der Waals surface area contributed by atoms with Crippen molar-refractivity contribution in [3.8, 4) is 0 Å². The Morgan fingerprint density at radius 2 is 2.00 bits per heavy atom. The number of aryl methyl sites for hydroxylation is 1. The molecule has 0 aliphatic carbocycles. The van der Waals surface area contributed by atoms with Crippen LogP contribution in [0.1, 0.15) is 17.5 Å². The van der Waals surface area contributed by atoms with Gasteiger partial charge in [0, 0.05) is 31.0 Å². The molecule has 4 nitrogen and oxygen atoms in total. The van der Waals surface area contributed by atoms with E-state index in [0.29, 0.717) is 17.2 Å². The third-order valence-corrected chi connectivity index (χ3v) is 4.92. The Bertz CT molecular complexity index is 605. The fraction of sp³-hybridized carbons (Fsp3) is 0.529. The number of halogens is 3. The summed E-state index contributed by atoms with van der Waals surface area (Å²) in [5, 5.41) is 2.70. The van der Waals surface area contributed by atoms with Gasteiger partial charge >= 0.3 is 6.18 Å². The summed E-state index contributed by atoms with van der Waals surface area (Å²) in [6.45, 7) is 0.998. The fourth-order valence-electron chi connectivity index (χ4n) is 2.58. The molecule has 1 unspecified atom stereocenters. The van der Waals surface area contributed by atoms with Crippen LogP contribution in [0.5, 0.6) is 0 Å². The van der Waals surface area contributed by atoms with Gasteiger partial charge in [0.15, 0.2) is 0 Å². The van der Waals surface area contributed by atoms with E-state index in [4.69, 9.17) is 0 Å². The second kappa shape index (κ2) is 8.60. The lowest BCUT2D eigenvalue weighted by atomic mass is 10.1. The van der Waals surface area contributed by atoms with Crippen LogP contribution < -0.4 is 5.32 Å². The summed E-state index contributed by atoms with van der Waals surface area (Å²) in [4.78, 5) is 24.3. The standard InChI is InChI=1S/C17H21F3N2O2S/c1-12-2-4-13(5-3-12)10-25-7-6-21-16(24)14-8-15(23)22(9-14)11-17(18,19)20/h2-5,14H,6-11H2,1H3,(H,21,24). The van der Waals surface area contributed by atoms with Crippen LogP contribution in [0.2, 0.25) is 0 Å². The lowest BCUT2D eigenvalue weighted by molar-refractivity contribution is -0.157. The smallest absolute Gasteiger partial charge is 0.355 e. The summed E-state index contributed by atoms with van der Waals surface area (Å²) in [5.41, 5.74) is 2.40. The van der Waals surface area contributed by atoms with Gasteiger partial charge in [0.1, 0.15) is 6.54 Å². The first-order valence-corrected chi connectivity index (χ1v) is 9.15. The zero-order chi connectivity index (χ0) is 18.4. The number of likely N-dealkylation sites (tertiary alicyclic amines) is 1. The van der Waals surface area contributed by atoms with E-state index in [2.05, 4.69) is 17.4 Å². The number of hydrogen-bond acceptors (Lipinski definition) is 3. The molecule has 1 aromatic rings. The molecule has 8 heteroatoms. The van der Waals surface area contributed by atoms with E-state index in [1.54, 1.807) is 11.8 Å². The molecule has 25 heavy (non-hydrogen) atoms. The minimum absolute atomic E-state index is 0.154. The van der Waals surface area contributed by atoms with Crippen LogP contribution in [-0.4, -0.2) is 48.3 Å². The average molecular weight is 374 g/mol. The topological polar surface area (TPSA) is 49.4 Å². The Hall–Kier alpha value is -1.70. The molecule has 1 saturated heterocycles. The Morgan fingerprint density at radius 3 is 2.64 bits per heavy atom. The third-order valence-electron chi connectivity index (χ3n) is 3.89. The molecule has 1 heterocycles. The van der Waals surface area contributed by atoms with Gasteiger partial charge in [-0.3, -0.25) is 9.59 Å². The van der Waals surface area contributed by atoms with Crippen molar-refractivity contribution >= 4 is 23.6 Å². The number of hydrogen-bond donors (Lipinski definition) is 1. The molecule has 2 amide bonds. The van der Waals surface area contributed by atoms with Gasteiger partial charge in [-0.05, 0) is 12.5 Å². The average Bonchev–Trinajstić information content (AvgIpc) is 2.88. The van der Waals surface area contributed by atoms with Crippen molar-refractivity contribution in [2.75, 3.05) is 25.4 Å². The third kappa shape index (κ3) is 6.61. The summed E-state index contributed by atoms with van der Waals surface area (Å²) in [5.74, 6) is -0.138.